The van der Waals surface area contributed by atoms with Gasteiger partial charge in [0, 0.05) is 12.8 Å². The Labute approximate surface area is 115 Å². The first-order chi connectivity index (χ1) is 8.93. The summed E-state index contributed by atoms with van der Waals surface area (Å²) >= 11 is 0. The standard InChI is InChI=1S/C15H26O4/c1-15(2)10-8-12(9-11-15)19-14(17)7-5-4-6-13(16)18-3/h12H,4-11H2,1-3H3. The molecule has 0 spiro atoms. The molecule has 0 aromatic rings. The van der Waals surface area contributed by atoms with Crippen molar-refractivity contribution in [2.75, 3.05) is 7.11 Å². The van der Waals surface area contributed by atoms with E-state index < -0.39 is 0 Å². The minimum atomic E-state index is -0.220. The Balaban J connectivity index is 2.10. The molecule has 0 saturated heterocycles. The fourth-order valence-electron chi connectivity index (χ4n) is 2.38. The number of carbonyl (C=O) groups excluding carboxylic acids is 2. The SMILES string of the molecule is COC(=O)CCCCC(=O)OC1CCC(C)(C)CC1. The average Bonchev–Trinajstić information content (AvgIpc) is 2.37. The zero-order valence-corrected chi connectivity index (χ0v) is 12.4. The van der Waals surface area contributed by atoms with Crippen molar-refractivity contribution in [3.8, 4) is 0 Å². The molecule has 0 radical (unpaired) electrons. The molecule has 1 aliphatic rings. The Morgan fingerprint density at radius 2 is 1.58 bits per heavy atom. The van der Waals surface area contributed by atoms with Gasteiger partial charge < -0.3 is 9.47 Å². The van der Waals surface area contributed by atoms with Crippen LogP contribution in [-0.2, 0) is 19.1 Å². The molecule has 1 aliphatic carbocycles. The molecule has 1 rings (SSSR count). The van der Waals surface area contributed by atoms with E-state index in [2.05, 4.69) is 18.6 Å². The van der Waals surface area contributed by atoms with Gasteiger partial charge in [-0.25, -0.2) is 0 Å². The van der Waals surface area contributed by atoms with Gasteiger partial charge in [-0.15, -0.1) is 0 Å². The van der Waals surface area contributed by atoms with Crippen LogP contribution in [0.25, 0.3) is 0 Å². The van der Waals surface area contributed by atoms with Crippen molar-refractivity contribution in [2.45, 2.75) is 71.3 Å². The van der Waals surface area contributed by atoms with E-state index in [1.54, 1.807) is 0 Å². The third-order valence-corrected chi connectivity index (χ3v) is 3.82. The van der Waals surface area contributed by atoms with Crippen molar-refractivity contribution < 1.29 is 19.1 Å². The number of esters is 2. The smallest absolute Gasteiger partial charge is 0.306 e. The number of rotatable bonds is 6. The second-order valence-electron chi connectivity index (χ2n) is 6.14. The van der Waals surface area contributed by atoms with Crippen molar-refractivity contribution >= 4 is 11.9 Å². The molecule has 1 saturated carbocycles. The fourth-order valence-corrected chi connectivity index (χ4v) is 2.38. The number of unbranched alkanes of at least 4 members (excludes halogenated alkanes) is 1. The lowest BCUT2D eigenvalue weighted by atomic mass is 9.76. The van der Waals surface area contributed by atoms with Crippen LogP contribution in [0.1, 0.15) is 65.2 Å². The zero-order chi connectivity index (χ0) is 14.3. The van der Waals surface area contributed by atoms with Gasteiger partial charge in [-0.1, -0.05) is 13.8 Å². The van der Waals surface area contributed by atoms with E-state index in [-0.39, 0.29) is 18.0 Å². The Morgan fingerprint density at radius 3 is 2.11 bits per heavy atom. The van der Waals surface area contributed by atoms with Crippen LogP contribution in [-0.4, -0.2) is 25.2 Å². The average molecular weight is 270 g/mol. The second-order valence-corrected chi connectivity index (χ2v) is 6.14. The number of carbonyl (C=O) groups is 2. The van der Waals surface area contributed by atoms with Crippen LogP contribution in [0.15, 0.2) is 0 Å². The summed E-state index contributed by atoms with van der Waals surface area (Å²) < 4.78 is 10.0. The summed E-state index contributed by atoms with van der Waals surface area (Å²) in [4.78, 5) is 22.5. The van der Waals surface area contributed by atoms with Crippen molar-refractivity contribution in [2.24, 2.45) is 5.41 Å². The van der Waals surface area contributed by atoms with Gasteiger partial charge in [-0.2, -0.15) is 0 Å². The molecule has 4 nitrogen and oxygen atoms in total. The highest BCUT2D eigenvalue weighted by Gasteiger charge is 2.28. The molecule has 0 aromatic heterocycles. The summed E-state index contributed by atoms with van der Waals surface area (Å²) in [6, 6.07) is 0. The van der Waals surface area contributed by atoms with Crippen molar-refractivity contribution in [3.05, 3.63) is 0 Å². The Hall–Kier alpha value is -1.06. The van der Waals surface area contributed by atoms with Gasteiger partial charge in [-0.05, 0) is 43.9 Å². The van der Waals surface area contributed by atoms with E-state index in [4.69, 9.17) is 4.74 Å². The molecule has 0 heterocycles. The van der Waals surface area contributed by atoms with Gasteiger partial charge >= 0.3 is 11.9 Å². The normalized spacial score (nSPS) is 18.9. The van der Waals surface area contributed by atoms with Crippen LogP contribution in [0, 0.1) is 5.41 Å². The van der Waals surface area contributed by atoms with E-state index in [1.165, 1.54) is 7.11 Å². The van der Waals surface area contributed by atoms with Gasteiger partial charge in [0.1, 0.15) is 6.10 Å². The number of ether oxygens (including phenoxy) is 2. The zero-order valence-electron chi connectivity index (χ0n) is 12.4. The molecule has 1 fully saturated rings. The maximum atomic E-state index is 11.6. The summed E-state index contributed by atoms with van der Waals surface area (Å²) in [7, 11) is 1.38. The lowest BCUT2D eigenvalue weighted by molar-refractivity contribution is -0.152. The number of methoxy groups -OCH3 is 1. The molecule has 0 N–H and O–H groups in total. The highest BCUT2D eigenvalue weighted by molar-refractivity contribution is 5.70. The maximum Gasteiger partial charge on any atom is 0.306 e. The lowest BCUT2D eigenvalue weighted by Gasteiger charge is -2.33. The minimum absolute atomic E-state index is 0.0983. The highest BCUT2D eigenvalue weighted by atomic mass is 16.5. The quantitative estimate of drug-likeness (QED) is 0.549. The first kappa shape index (κ1) is 16.0. The Morgan fingerprint density at radius 1 is 1.05 bits per heavy atom. The predicted octanol–water partition coefficient (Wildman–Crippen LogP) is 3.23. The monoisotopic (exact) mass is 270 g/mol. The van der Waals surface area contributed by atoms with E-state index >= 15 is 0 Å². The van der Waals surface area contributed by atoms with Crippen molar-refractivity contribution in [1.82, 2.24) is 0 Å². The Kier molecular flexibility index (Phi) is 6.32. The van der Waals surface area contributed by atoms with Gasteiger partial charge in [-0.3, -0.25) is 9.59 Å². The van der Waals surface area contributed by atoms with Crippen LogP contribution >= 0.6 is 0 Å². The first-order valence-electron chi connectivity index (χ1n) is 7.19. The maximum absolute atomic E-state index is 11.6. The van der Waals surface area contributed by atoms with Gasteiger partial charge in [0.25, 0.3) is 0 Å². The Bertz CT molecular complexity index is 299. The molecule has 0 unspecified atom stereocenters. The third-order valence-electron chi connectivity index (χ3n) is 3.82. The first-order valence-corrected chi connectivity index (χ1v) is 7.19. The predicted molar refractivity (Wildman–Crippen MR) is 72.6 cm³/mol. The summed E-state index contributed by atoms with van der Waals surface area (Å²) in [5, 5.41) is 0. The molecular formula is C15H26O4. The van der Waals surface area contributed by atoms with E-state index in [0.29, 0.717) is 31.1 Å². The molecule has 0 aromatic carbocycles. The van der Waals surface area contributed by atoms with Crippen LogP contribution in [0.4, 0.5) is 0 Å². The summed E-state index contributed by atoms with van der Waals surface area (Å²) in [5.41, 5.74) is 0.392. The second kappa shape index (κ2) is 7.51. The minimum Gasteiger partial charge on any atom is -0.469 e. The number of hydrogen-bond donors (Lipinski definition) is 0. The molecule has 0 bridgehead atoms. The van der Waals surface area contributed by atoms with E-state index in [9.17, 15) is 9.59 Å². The summed E-state index contributed by atoms with van der Waals surface area (Å²) in [6.07, 6.45) is 6.42. The van der Waals surface area contributed by atoms with Gasteiger partial charge in [0.15, 0.2) is 0 Å². The molecule has 0 atom stereocenters. The molecule has 0 aliphatic heterocycles. The molecule has 19 heavy (non-hydrogen) atoms. The van der Waals surface area contributed by atoms with Crippen molar-refractivity contribution in [3.63, 3.8) is 0 Å². The molecular weight excluding hydrogens is 244 g/mol. The van der Waals surface area contributed by atoms with E-state index in [1.807, 2.05) is 0 Å². The van der Waals surface area contributed by atoms with Crippen LogP contribution < -0.4 is 0 Å². The largest absolute Gasteiger partial charge is 0.469 e. The summed E-state index contributed by atoms with van der Waals surface area (Å²) in [6.45, 7) is 4.52. The third kappa shape index (κ3) is 6.60. The van der Waals surface area contributed by atoms with Crippen molar-refractivity contribution in [1.29, 1.82) is 0 Å². The topological polar surface area (TPSA) is 52.6 Å². The number of hydrogen-bond acceptors (Lipinski definition) is 4. The van der Waals surface area contributed by atoms with Gasteiger partial charge in [0.05, 0.1) is 7.11 Å². The molecule has 110 valence electrons. The highest BCUT2D eigenvalue weighted by Crippen LogP contribution is 2.36. The fraction of sp³-hybridized carbons (Fsp3) is 0.867. The van der Waals surface area contributed by atoms with E-state index in [0.717, 1.165) is 25.7 Å². The van der Waals surface area contributed by atoms with Crippen LogP contribution in [0.2, 0.25) is 0 Å². The molecule has 4 heteroatoms. The van der Waals surface area contributed by atoms with Crippen LogP contribution in [0.3, 0.4) is 0 Å². The lowest BCUT2D eigenvalue weighted by Crippen LogP contribution is -2.28. The summed E-state index contributed by atoms with van der Waals surface area (Å²) in [5.74, 6) is -0.350. The molecule has 0 amide bonds. The van der Waals surface area contributed by atoms with Crippen LogP contribution in [0.5, 0.6) is 0 Å². The van der Waals surface area contributed by atoms with Gasteiger partial charge in [0.2, 0.25) is 0 Å².